The molecule has 0 N–H and O–H groups in total. The predicted molar refractivity (Wildman–Crippen MR) is 75.3 cm³/mol. The van der Waals surface area contributed by atoms with Crippen molar-refractivity contribution in [3.05, 3.63) is 33.9 Å². The summed E-state index contributed by atoms with van der Waals surface area (Å²) in [4.78, 5) is 2.37. The van der Waals surface area contributed by atoms with Crippen LogP contribution in [0, 0.1) is 6.92 Å². The van der Waals surface area contributed by atoms with Gasteiger partial charge in [-0.1, -0.05) is 15.9 Å². The Bertz CT molecular complexity index is 422. The Morgan fingerprint density at radius 3 is 2.65 bits per heavy atom. The summed E-state index contributed by atoms with van der Waals surface area (Å²) < 4.78 is 6.46. The van der Waals surface area contributed by atoms with Gasteiger partial charge in [0, 0.05) is 17.6 Å². The predicted octanol–water partition coefficient (Wildman–Crippen LogP) is 3.83. The van der Waals surface area contributed by atoms with Crippen molar-refractivity contribution in [2.45, 2.75) is 19.8 Å². The van der Waals surface area contributed by atoms with Crippen molar-refractivity contribution in [3.8, 4) is 5.75 Å². The summed E-state index contributed by atoms with van der Waals surface area (Å²) in [5.41, 5.74) is 2.38. The molecule has 1 aliphatic rings. The largest absolute Gasteiger partial charge is 0.496 e. The fourth-order valence-corrected chi connectivity index (χ4v) is 2.73. The summed E-state index contributed by atoms with van der Waals surface area (Å²) >= 11 is 3.59. The Hall–Kier alpha value is -0.960. The number of likely N-dealkylation sites (tertiary alicyclic amines) is 1. The first kappa shape index (κ1) is 12.5. The first-order chi connectivity index (χ1) is 8.22. The van der Waals surface area contributed by atoms with E-state index in [2.05, 4.69) is 40.0 Å². The standard InChI is InChI=1S/C14H18BrNO/c1-11-12(7-10-16-8-3-4-9-16)13(15)5-6-14(11)17-2/h5-7,10H,3-4,8-9H2,1-2H3/b10-7+. The third-order valence-corrected chi connectivity index (χ3v) is 3.92. The van der Waals surface area contributed by atoms with Gasteiger partial charge in [0.1, 0.15) is 5.75 Å². The van der Waals surface area contributed by atoms with Gasteiger partial charge in [0.25, 0.3) is 0 Å². The highest BCUT2D eigenvalue weighted by atomic mass is 79.9. The molecule has 0 atom stereocenters. The van der Waals surface area contributed by atoms with Crippen molar-refractivity contribution in [2.24, 2.45) is 0 Å². The minimum atomic E-state index is 0.939. The zero-order valence-electron chi connectivity index (χ0n) is 10.4. The Kier molecular flexibility index (Phi) is 4.11. The lowest BCUT2D eigenvalue weighted by atomic mass is 10.1. The molecule has 17 heavy (non-hydrogen) atoms. The zero-order chi connectivity index (χ0) is 12.3. The first-order valence-corrected chi connectivity index (χ1v) is 6.77. The fourth-order valence-electron chi connectivity index (χ4n) is 2.17. The molecule has 2 nitrogen and oxygen atoms in total. The molecule has 0 aliphatic carbocycles. The number of ether oxygens (including phenoxy) is 1. The van der Waals surface area contributed by atoms with Crippen LogP contribution in [0.2, 0.25) is 0 Å². The lowest BCUT2D eigenvalue weighted by molar-refractivity contribution is 0.411. The maximum Gasteiger partial charge on any atom is 0.122 e. The molecule has 1 aromatic carbocycles. The molecular formula is C14H18BrNO. The second-order valence-corrected chi connectivity index (χ2v) is 5.20. The molecule has 1 fully saturated rings. The van der Waals surface area contributed by atoms with E-state index in [4.69, 9.17) is 4.74 Å². The highest BCUT2D eigenvalue weighted by molar-refractivity contribution is 9.10. The SMILES string of the molecule is COc1ccc(Br)c(/C=C/N2CCCC2)c1C. The number of halogens is 1. The smallest absolute Gasteiger partial charge is 0.122 e. The van der Waals surface area contributed by atoms with Gasteiger partial charge in [-0.25, -0.2) is 0 Å². The summed E-state index contributed by atoms with van der Waals surface area (Å²) in [6.45, 7) is 4.45. The molecule has 0 unspecified atom stereocenters. The molecule has 1 aromatic rings. The molecule has 2 rings (SSSR count). The molecule has 1 saturated heterocycles. The normalized spacial score (nSPS) is 15.8. The average molecular weight is 296 g/mol. The van der Waals surface area contributed by atoms with Crippen molar-refractivity contribution >= 4 is 22.0 Å². The topological polar surface area (TPSA) is 12.5 Å². The van der Waals surface area contributed by atoms with E-state index in [1.54, 1.807) is 7.11 Å². The van der Waals surface area contributed by atoms with Crippen LogP contribution in [-0.2, 0) is 0 Å². The summed E-state index contributed by atoms with van der Waals surface area (Å²) in [5, 5.41) is 0. The van der Waals surface area contributed by atoms with Crippen LogP contribution < -0.4 is 4.74 Å². The lowest BCUT2D eigenvalue weighted by Gasteiger charge is -2.13. The zero-order valence-corrected chi connectivity index (χ0v) is 12.0. The minimum absolute atomic E-state index is 0.939. The van der Waals surface area contributed by atoms with E-state index in [0.717, 1.165) is 10.2 Å². The Labute approximate surface area is 111 Å². The van der Waals surface area contributed by atoms with Gasteiger partial charge in [0.05, 0.1) is 7.11 Å². The Morgan fingerprint density at radius 2 is 2.00 bits per heavy atom. The monoisotopic (exact) mass is 295 g/mol. The number of nitrogens with zero attached hydrogens (tertiary/aromatic N) is 1. The molecule has 3 heteroatoms. The Morgan fingerprint density at radius 1 is 1.29 bits per heavy atom. The van der Waals surface area contributed by atoms with Gasteiger partial charge >= 0.3 is 0 Å². The van der Waals surface area contributed by atoms with Crippen molar-refractivity contribution in [2.75, 3.05) is 20.2 Å². The van der Waals surface area contributed by atoms with Gasteiger partial charge in [-0.3, -0.25) is 0 Å². The molecule has 0 spiro atoms. The van der Waals surface area contributed by atoms with Crippen LogP contribution >= 0.6 is 15.9 Å². The average Bonchev–Trinajstić information content (AvgIpc) is 2.82. The fraction of sp³-hybridized carbons (Fsp3) is 0.429. The molecule has 0 aromatic heterocycles. The van der Waals surface area contributed by atoms with Crippen LogP contribution in [-0.4, -0.2) is 25.1 Å². The van der Waals surface area contributed by atoms with Gasteiger partial charge < -0.3 is 9.64 Å². The third kappa shape index (κ3) is 2.83. The van der Waals surface area contributed by atoms with E-state index in [0.29, 0.717) is 0 Å². The summed E-state index contributed by atoms with van der Waals surface area (Å²) in [5.74, 6) is 0.939. The van der Waals surface area contributed by atoms with E-state index in [9.17, 15) is 0 Å². The van der Waals surface area contributed by atoms with Gasteiger partial charge in [-0.15, -0.1) is 0 Å². The molecule has 1 heterocycles. The van der Waals surface area contributed by atoms with Gasteiger partial charge in [-0.2, -0.15) is 0 Å². The van der Waals surface area contributed by atoms with E-state index in [1.807, 2.05) is 12.1 Å². The lowest BCUT2D eigenvalue weighted by Crippen LogP contribution is -2.10. The van der Waals surface area contributed by atoms with Crippen LogP contribution in [0.3, 0.4) is 0 Å². The minimum Gasteiger partial charge on any atom is -0.496 e. The van der Waals surface area contributed by atoms with Crippen LogP contribution in [0.5, 0.6) is 5.75 Å². The number of benzene rings is 1. The maximum atomic E-state index is 5.34. The number of rotatable bonds is 3. The molecular weight excluding hydrogens is 278 g/mol. The second-order valence-electron chi connectivity index (χ2n) is 4.35. The molecule has 0 radical (unpaired) electrons. The van der Waals surface area contributed by atoms with E-state index >= 15 is 0 Å². The first-order valence-electron chi connectivity index (χ1n) is 5.97. The van der Waals surface area contributed by atoms with Crippen LogP contribution in [0.25, 0.3) is 6.08 Å². The van der Waals surface area contributed by atoms with Crippen molar-refractivity contribution < 1.29 is 4.74 Å². The molecule has 0 amide bonds. The van der Waals surface area contributed by atoms with Crippen LogP contribution in [0.4, 0.5) is 0 Å². The quantitative estimate of drug-likeness (QED) is 0.840. The second kappa shape index (κ2) is 5.58. The van der Waals surface area contributed by atoms with E-state index in [1.165, 1.54) is 37.1 Å². The molecule has 92 valence electrons. The number of hydrogen-bond acceptors (Lipinski definition) is 2. The van der Waals surface area contributed by atoms with Gasteiger partial charge in [-0.05, 0) is 55.3 Å². The molecule has 0 saturated carbocycles. The number of methoxy groups -OCH3 is 1. The van der Waals surface area contributed by atoms with Crippen molar-refractivity contribution in [3.63, 3.8) is 0 Å². The molecule has 1 aliphatic heterocycles. The van der Waals surface area contributed by atoms with Crippen LogP contribution in [0.1, 0.15) is 24.0 Å². The van der Waals surface area contributed by atoms with Crippen molar-refractivity contribution in [1.82, 2.24) is 4.90 Å². The van der Waals surface area contributed by atoms with E-state index < -0.39 is 0 Å². The summed E-state index contributed by atoms with van der Waals surface area (Å²) in [6.07, 6.45) is 6.98. The Balaban J connectivity index is 2.24. The van der Waals surface area contributed by atoms with Crippen molar-refractivity contribution in [1.29, 1.82) is 0 Å². The number of hydrogen-bond donors (Lipinski definition) is 0. The highest BCUT2D eigenvalue weighted by Crippen LogP contribution is 2.29. The van der Waals surface area contributed by atoms with E-state index in [-0.39, 0.29) is 0 Å². The van der Waals surface area contributed by atoms with Gasteiger partial charge in [0.2, 0.25) is 0 Å². The van der Waals surface area contributed by atoms with Crippen LogP contribution in [0.15, 0.2) is 22.8 Å². The van der Waals surface area contributed by atoms with Gasteiger partial charge in [0.15, 0.2) is 0 Å². The molecule has 0 bridgehead atoms. The highest BCUT2D eigenvalue weighted by Gasteiger charge is 2.09. The maximum absolute atomic E-state index is 5.34. The summed E-state index contributed by atoms with van der Waals surface area (Å²) in [6, 6.07) is 4.03. The summed E-state index contributed by atoms with van der Waals surface area (Å²) in [7, 11) is 1.71. The third-order valence-electron chi connectivity index (χ3n) is 3.22.